The first-order chi connectivity index (χ1) is 11.9. The molecule has 0 N–H and O–H groups in total. The standard InChI is InChI=1S/C17H17F2N3O2S/c1-11-10-25-17-20-13(7-15(23)22(11)17)9-21(2)8-12-3-5-14(6-4-12)24-16(18)19/h3-7,10,16H,8-9H2,1-2H3. The lowest BCUT2D eigenvalue weighted by Crippen LogP contribution is -2.21. The summed E-state index contributed by atoms with van der Waals surface area (Å²) in [6, 6.07) is 8.05. The van der Waals surface area contributed by atoms with E-state index in [9.17, 15) is 13.6 Å². The van der Waals surface area contributed by atoms with E-state index in [1.807, 2.05) is 24.3 Å². The Bertz CT molecular complexity index is 922. The minimum absolute atomic E-state index is 0.0827. The molecule has 3 aromatic rings. The maximum Gasteiger partial charge on any atom is 0.387 e. The van der Waals surface area contributed by atoms with Crippen LogP contribution >= 0.6 is 11.3 Å². The van der Waals surface area contributed by atoms with Crippen molar-refractivity contribution in [1.82, 2.24) is 14.3 Å². The summed E-state index contributed by atoms with van der Waals surface area (Å²) in [4.78, 5) is 19.4. The van der Waals surface area contributed by atoms with Gasteiger partial charge in [0, 0.05) is 30.2 Å². The van der Waals surface area contributed by atoms with Gasteiger partial charge in [0.25, 0.3) is 5.56 Å². The second kappa shape index (κ2) is 7.28. The summed E-state index contributed by atoms with van der Waals surface area (Å²) in [5, 5.41) is 1.90. The summed E-state index contributed by atoms with van der Waals surface area (Å²) in [5.41, 5.74) is 2.45. The maximum atomic E-state index is 12.2. The van der Waals surface area contributed by atoms with E-state index in [0.29, 0.717) is 23.7 Å². The van der Waals surface area contributed by atoms with Crippen LogP contribution in [0.3, 0.4) is 0 Å². The lowest BCUT2D eigenvalue weighted by Gasteiger charge is -2.16. The Hall–Kier alpha value is -2.32. The molecule has 2 heterocycles. The van der Waals surface area contributed by atoms with Crippen LogP contribution < -0.4 is 10.3 Å². The summed E-state index contributed by atoms with van der Waals surface area (Å²) in [7, 11) is 1.91. The molecule has 0 saturated carbocycles. The van der Waals surface area contributed by atoms with Crippen molar-refractivity contribution in [3.8, 4) is 5.75 Å². The van der Waals surface area contributed by atoms with Gasteiger partial charge in [-0.2, -0.15) is 8.78 Å². The molecular formula is C17H17F2N3O2S. The zero-order chi connectivity index (χ0) is 18.0. The third-order valence-electron chi connectivity index (χ3n) is 3.66. The van der Waals surface area contributed by atoms with E-state index in [1.54, 1.807) is 22.6 Å². The Morgan fingerprint density at radius 2 is 2.00 bits per heavy atom. The van der Waals surface area contributed by atoms with Gasteiger partial charge >= 0.3 is 6.61 Å². The molecular weight excluding hydrogens is 348 g/mol. The average molecular weight is 365 g/mol. The predicted molar refractivity (Wildman–Crippen MR) is 92.3 cm³/mol. The van der Waals surface area contributed by atoms with Crippen molar-refractivity contribution in [2.75, 3.05) is 7.05 Å². The molecule has 1 aromatic carbocycles. The fourth-order valence-electron chi connectivity index (χ4n) is 2.60. The fraction of sp³-hybridized carbons (Fsp3) is 0.294. The summed E-state index contributed by atoms with van der Waals surface area (Å²) in [5.74, 6) is 0.134. The van der Waals surface area contributed by atoms with Crippen molar-refractivity contribution in [3.05, 3.63) is 63.0 Å². The number of hydrogen-bond donors (Lipinski definition) is 0. The Morgan fingerprint density at radius 1 is 1.28 bits per heavy atom. The van der Waals surface area contributed by atoms with E-state index in [0.717, 1.165) is 11.3 Å². The SMILES string of the molecule is Cc1csc2nc(CN(C)Cc3ccc(OC(F)F)cc3)cc(=O)n12. The highest BCUT2D eigenvalue weighted by molar-refractivity contribution is 7.15. The number of rotatable bonds is 6. The highest BCUT2D eigenvalue weighted by Gasteiger charge is 2.09. The summed E-state index contributed by atoms with van der Waals surface area (Å²) >= 11 is 1.44. The number of fused-ring (bicyclic) bond motifs is 1. The van der Waals surface area contributed by atoms with Crippen molar-refractivity contribution in [1.29, 1.82) is 0 Å². The molecule has 0 spiro atoms. The molecule has 0 aliphatic rings. The van der Waals surface area contributed by atoms with E-state index in [2.05, 4.69) is 9.72 Å². The molecule has 25 heavy (non-hydrogen) atoms. The van der Waals surface area contributed by atoms with Gasteiger partial charge < -0.3 is 4.74 Å². The number of ether oxygens (including phenoxy) is 1. The zero-order valence-corrected chi connectivity index (χ0v) is 14.6. The molecule has 3 rings (SSSR count). The lowest BCUT2D eigenvalue weighted by atomic mass is 10.2. The third kappa shape index (κ3) is 4.21. The number of benzene rings is 1. The topological polar surface area (TPSA) is 46.8 Å². The van der Waals surface area contributed by atoms with Gasteiger partial charge in [-0.15, -0.1) is 11.3 Å². The van der Waals surface area contributed by atoms with Crippen molar-refractivity contribution >= 4 is 16.3 Å². The van der Waals surface area contributed by atoms with E-state index >= 15 is 0 Å². The highest BCUT2D eigenvalue weighted by atomic mass is 32.1. The van der Waals surface area contributed by atoms with Crippen LogP contribution in [0.25, 0.3) is 4.96 Å². The van der Waals surface area contributed by atoms with Gasteiger partial charge in [0.15, 0.2) is 4.96 Å². The van der Waals surface area contributed by atoms with E-state index in [-0.39, 0.29) is 11.3 Å². The average Bonchev–Trinajstić information content (AvgIpc) is 2.90. The van der Waals surface area contributed by atoms with Gasteiger partial charge in [-0.1, -0.05) is 12.1 Å². The number of nitrogens with zero attached hydrogens (tertiary/aromatic N) is 3. The van der Waals surface area contributed by atoms with Gasteiger partial charge in [-0.05, 0) is 31.7 Å². The first kappa shape index (κ1) is 17.5. The lowest BCUT2D eigenvalue weighted by molar-refractivity contribution is -0.0498. The van der Waals surface area contributed by atoms with Gasteiger partial charge in [-0.3, -0.25) is 14.1 Å². The Labute approximate surface area is 147 Å². The van der Waals surface area contributed by atoms with Gasteiger partial charge in [0.05, 0.1) is 5.69 Å². The number of halogens is 2. The summed E-state index contributed by atoms with van der Waals surface area (Å²) < 4.78 is 30.2. The van der Waals surface area contributed by atoms with Crippen LogP contribution in [0.2, 0.25) is 0 Å². The molecule has 132 valence electrons. The minimum Gasteiger partial charge on any atom is -0.435 e. The van der Waals surface area contributed by atoms with Crippen LogP contribution in [-0.4, -0.2) is 27.9 Å². The molecule has 0 bridgehead atoms. The molecule has 0 unspecified atom stereocenters. The molecule has 0 aliphatic carbocycles. The van der Waals surface area contributed by atoms with Gasteiger partial charge in [-0.25, -0.2) is 4.98 Å². The number of aromatic nitrogens is 2. The van der Waals surface area contributed by atoms with E-state index < -0.39 is 6.61 Å². The third-order valence-corrected chi connectivity index (χ3v) is 4.61. The minimum atomic E-state index is -2.82. The van der Waals surface area contributed by atoms with Crippen LogP contribution in [0.1, 0.15) is 17.0 Å². The second-order valence-electron chi connectivity index (χ2n) is 5.78. The number of alkyl halides is 2. The molecule has 8 heteroatoms. The van der Waals surface area contributed by atoms with Crippen LogP contribution in [0.4, 0.5) is 8.78 Å². The molecule has 0 atom stereocenters. The Balaban J connectivity index is 1.68. The van der Waals surface area contributed by atoms with Crippen molar-refractivity contribution in [3.63, 3.8) is 0 Å². The Morgan fingerprint density at radius 3 is 2.68 bits per heavy atom. The second-order valence-corrected chi connectivity index (χ2v) is 6.61. The quantitative estimate of drug-likeness (QED) is 0.672. The van der Waals surface area contributed by atoms with Crippen molar-refractivity contribution in [2.24, 2.45) is 0 Å². The van der Waals surface area contributed by atoms with Crippen molar-refractivity contribution in [2.45, 2.75) is 26.6 Å². The molecule has 0 amide bonds. The van der Waals surface area contributed by atoms with Crippen LogP contribution in [0.15, 0.2) is 40.5 Å². The van der Waals surface area contributed by atoms with Crippen LogP contribution in [-0.2, 0) is 13.1 Å². The van der Waals surface area contributed by atoms with Gasteiger partial charge in [0.1, 0.15) is 5.75 Å². The largest absolute Gasteiger partial charge is 0.435 e. The summed E-state index contributed by atoms with van der Waals surface area (Å²) in [6.07, 6.45) is 0. The Kier molecular flexibility index (Phi) is 5.10. The number of hydrogen-bond acceptors (Lipinski definition) is 5. The first-order valence-electron chi connectivity index (χ1n) is 7.61. The van der Waals surface area contributed by atoms with Crippen LogP contribution in [0.5, 0.6) is 5.75 Å². The van der Waals surface area contributed by atoms with E-state index in [1.165, 1.54) is 23.5 Å². The first-order valence-corrected chi connectivity index (χ1v) is 8.49. The van der Waals surface area contributed by atoms with Gasteiger partial charge in [0.2, 0.25) is 0 Å². The number of thiazole rings is 1. The smallest absolute Gasteiger partial charge is 0.387 e. The monoisotopic (exact) mass is 365 g/mol. The molecule has 2 aromatic heterocycles. The number of aryl methyl sites for hydroxylation is 1. The molecule has 5 nitrogen and oxygen atoms in total. The zero-order valence-electron chi connectivity index (χ0n) is 13.8. The van der Waals surface area contributed by atoms with Crippen molar-refractivity contribution < 1.29 is 13.5 Å². The molecule has 0 saturated heterocycles. The molecule has 0 aliphatic heterocycles. The fourth-order valence-corrected chi connectivity index (χ4v) is 3.49. The van der Waals surface area contributed by atoms with Crippen LogP contribution in [0, 0.1) is 6.92 Å². The molecule has 0 radical (unpaired) electrons. The maximum absolute atomic E-state index is 12.2. The highest BCUT2D eigenvalue weighted by Crippen LogP contribution is 2.17. The normalized spacial score (nSPS) is 11.6. The molecule has 0 fully saturated rings. The summed E-state index contributed by atoms with van der Waals surface area (Å²) in [6.45, 7) is 0.159. The van der Waals surface area contributed by atoms with E-state index in [4.69, 9.17) is 0 Å². The predicted octanol–water partition coefficient (Wildman–Crippen LogP) is 3.30.